The third-order valence-electron chi connectivity index (χ3n) is 2.84. The Morgan fingerprint density at radius 1 is 1.06 bits per heavy atom. The smallest absolute Gasteiger partial charge is 0.122 e. The topological polar surface area (TPSA) is 18.5 Å². The van der Waals surface area contributed by atoms with Crippen LogP contribution in [0.1, 0.15) is 25.8 Å². The van der Waals surface area contributed by atoms with Crippen LogP contribution >= 0.6 is 11.6 Å². The molecule has 1 aromatic rings. The molecule has 0 radical (unpaired) electrons. The van der Waals surface area contributed by atoms with Crippen LogP contribution in [0.25, 0.3) is 0 Å². The molecule has 0 bridgehead atoms. The number of benzene rings is 1. The lowest BCUT2D eigenvalue weighted by molar-refractivity contribution is 0.393. The molecule has 0 amide bonds. The minimum atomic E-state index is 0.215. The highest BCUT2D eigenvalue weighted by Gasteiger charge is 2.10. The summed E-state index contributed by atoms with van der Waals surface area (Å²) in [5.41, 5.74) is 1.20. The van der Waals surface area contributed by atoms with Crippen molar-refractivity contribution in [3.63, 3.8) is 0 Å². The van der Waals surface area contributed by atoms with Gasteiger partial charge in [0.05, 0.1) is 14.2 Å². The summed E-state index contributed by atoms with van der Waals surface area (Å²) >= 11 is 6.25. The first-order valence-electron chi connectivity index (χ1n) is 5.92. The van der Waals surface area contributed by atoms with E-state index in [1.54, 1.807) is 14.2 Å². The molecular weight excluding hydrogens is 236 g/mol. The van der Waals surface area contributed by atoms with Gasteiger partial charge in [0.25, 0.3) is 0 Å². The van der Waals surface area contributed by atoms with Gasteiger partial charge >= 0.3 is 0 Å². The highest BCUT2D eigenvalue weighted by atomic mass is 35.5. The second kappa shape index (κ2) is 6.75. The number of rotatable bonds is 6. The molecule has 0 aliphatic rings. The van der Waals surface area contributed by atoms with Gasteiger partial charge in [-0.25, -0.2) is 0 Å². The normalized spacial score (nSPS) is 12.6. The van der Waals surface area contributed by atoms with Crippen LogP contribution in [0, 0.1) is 5.92 Å². The summed E-state index contributed by atoms with van der Waals surface area (Å²) < 4.78 is 10.5. The highest BCUT2D eigenvalue weighted by molar-refractivity contribution is 6.20. The van der Waals surface area contributed by atoms with E-state index in [-0.39, 0.29) is 5.38 Å². The van der Waals surface area contributed by atoms with Crippen LogP contribution in [-0.2, 0) is 6.42 Å². The van der Waals surface area contributed by atoms with Crippen molar-refractivity contribution in [1.82, 2.24) is 0 Å². The number of aryl methyl sites for hydroxylation is 1. The van der Waals surface area contributed by atoms with E-state index >= 15 is 0 Å². The fourth-order valence-corrected chi connectivity index (χ4v) is 1.76. The minimum absolute atomic E-state index is 0.215. The van der Waals surface area contributed by atoms with Gasteiger partial charge < -0.3 is 9.47 Å². The molecule has 1 rings (SSSR count). The first kappa shape index (κ1) is 14.2. The van der Waals surface area contributed by atoms with E-state index in [4.69, 9.17) is 21.1 Å². The summed E-state index contributed by atoms with van der Waals surface area (Å²) in [6.45, 7) is 4.29. The van der Waals surface area contributed by atoms with E-state index in [1.165, 1.54) is 5.56 Å². The maximum Gasteiger partial charge on any atom is 0.122 e. The van der Waals surface area contributed by atoms with E-state index in [0.29, 0.717) is 5.92 Å². The number of ether oxygens (including phenoxy) is 2. The molecule has 0 fully saturated rings. The van der Waals surface area contributed by atoms with E-state index in [9.17, 15) is 0 Å². The molecule has 3 heteroatoms. The van der Waals surface area contributed by atoms with Gasteiger partial charge in [-0.2, -0.15) is 0 Å². The Balaban J connectivity index is 2.70. The second-order valence-corrected chi connectivity index (χ2v) is 5.08. The summed E-state index contributed by atoms with van der Waals surface area (Å²) in [4.78, 5) is 0. The molecule has 0 heterocycles. The maximum atomic E-state index is 6.25. The predicted octanol–water partition coefficient (Wildman–Crippen LogP) is 3.90. The van der Waals surface area contributed by atoms with Gasteiger partial charge in [-0.05, 0) is 36.5 Å². The number of methoxy groups -OCH3 is 2. The van der Waals surface area contributed by atoms with E-state index in [0.717, 1.165) is 24.3 Å². The fraction of sp³-hybridized carbons (Fsp3) is 0.571. The summed E-state index contributed by atoms with van der Waals surface area (Å²) in [6.07, 6.45) is 1.91. The largest absolute Gasteiger partial charge is 0.497 e. The number of halogens is 1. The Morgan fingerprint density at radius 3 is 2.00 bits per heavy atom. The lowest BCUT2D eigenvalue weighted by Gasteiger charge is -2.14. The number of alkyl halides is 1. The standard InChI is InChI=1S/C14H21ClO2/c1-10(2)14(15)6-5-11-7-12(16-3)9-13(8-11)17-4/h7-10,14H,5-6H2,1-4H3. The van der Waals surface area contributed by atoms with Gasteiger partial charge in [-0.15, -0.1) is 11.6 Å². The van der Waals surface area contributed by atoms with Crippen LogP contribution in [0.5, 0.6) is 11.5 Å². The minimum Gasteiger partial charge on any atom is -0.497 e. The Labute approximate surface area is 109 Å². The van der Waals surface area contributed by atoms with E-state index in [2.05, 4.69) is 13.8 Å². The molecule has 2 nitrogen and oxygen atoms in total. The molecule has 0 aliphatic carbocycles. The zero-order chi connectivity index (χ0) is 12.8. The third kappa shape index (κ3) is 4.47. The van der Waals surface area contributed by atoms with Crippen molar-refractivity contribution in [2.75, 3.05) is 14.2 Å². The monoisotopic (exact) mass is 256 g/mol. The molecule has 1 aromatic carbocycles. The average Bonchev–Trinajstić information content (AvgIpc) is 2.35. The summed E-state index contributed by atoms with van der Waals surface area (Å²) in [6, 6.07) is 5.95. The van der Waals surface area contributed by atoms with Gasteiger partial charge in [0, 0.05) is 11.4 Å². The van der Waals surface area contributed by atoms with Crippen LogP contribution < -0.4 is 9.47 Å². The van der Waals surface area contributed by atoms with Crippen LogP contribution in [0.15, 0.2) is 18.2 Å². The summed E-state index contributed by atoms with van der Waals surface area (Å²) in [5.74, 6) is 2.16. The quantitative estimate of drug-likeness (QED) is 0.719. The number of hydrogen-bond acceptors (Lipinski definition) is 2. The maximum absolute atomic E-state index is 6.25. The van der Waals surface area contributed by atoms with Crippen molar-refractivity contribution < 1.29 is 9.47 Å². The molecule has 0 saturated carbocycles. The Morgan fingerprint density at radius 2 is 1.59 bits per heavy atom. The summed E-state index contributed by atoms with van der Waals surface area (Å²) in [5, 5.41) is 0.215. The first-order chi connectivity index (χ1) is 8.06. The van der Waals surface area contributed by atoms with E-state index in [1.807, 2.05) is 18.2 Å². The predicted molar refractivity (Wildman–Crippen MR) is 72.3 cm³/mol. The zero-order valence-electron chi connectivity index (χ0n) is 11.0. The van der Waals surface area contributed by atoms with Crippen molar-refractivity contribution >= 4 is 11.6 Å². The third-order valence-corrected chi connectivity index (χ3v) is 3.57. The Kier molecular flexibility index (Phi) is 5.63. The van der Waals surface area contributed by atoms with Crippen molar-refractivity contribution in [2.45, 2.75) is 32.1 Å². The van der Waals surface area contributed by atoms with Gasteiger partial charge in [-0.3, -0.25) is 0 Å². The Bertz CT molecular complexity index is 328. The molecule has 1 atom stereocenters. The van der Waals surface area contributed by atoms with Gasteiger partial charge in [0.15, 0.2) is 0 Å². The molecule has 1 unspecified atom stereocenters. The van der Waals surface area contributed by atoms with Crippen molar-refractivity contribution in [3.05, 3.63) is 23.8 Å². The zero-order valence-corrected chi connectivity index (χ0v) is 11.8. The van der Waals surface area contributed by atoms with Crippen molar-refractivity contribution in [2.24, 2.45) is 5.92 Å². The van der Waals surface area contributed by atoms with Gasteiger partial charge in [-0.1, -0.05) is 13.8 Å². The SMILES string of the molecule is COc1cc(CCC(Cl)C(C)C)cc(OC)c1. The van der Waals surface area contributed by atoms with Gasteiger partial charge in [0.1, 0.15) is 11.5 Å². The lowest BCUT2D eigenvalue weighted by atomic mass is 10.0. The molecule has 0 spiro atoms. The molecule has 96 valence electrons. The summed E-state index contributed by atoms with van der Waals surface area (Å²) in [7, 11) is 3.33. The average molecular weight is 257 g/mol. The van der Waals surface area contributed by atoms with Crippen molar-refractivity contribution in [3.8, 4) is 11.5 Å². The van der Waals surface area contributed by atoms with Crippen LogP contribution in [0.2, 0.25) is 0 Å². The Hall–Kier alpha value is -0.890. The molecule has 17 heavy (non-hydrogen) atoms. The number of hydrogen-bond donors (Lipinski definition) is 0. The lowest BCUT2D eigenvalue weighted by Crippen LogP contribution is -2.08. The van der Waals surface area contributed by atoms with Crippen LogP contribution in [0.3, 0.4) is 0 Å². The van der Waals surface area contributed by atoms with Crippen molar-refractivity contribution in [1.29, 1.82) is 0 Å². The molecule has 0 N–H and O–H groups in total. The molecule has 0 saturated heterocycles. The van der Waals surface area contributed by atoms with Crippen LogP contribution in [-0.4, -0.2) is 19.6 Å². The highest BCUT2D eigenvalue weighted by Crippen LogP contribution is 2.25. The molecule has 0 aliphatic heterocycles. The second-order valence-electron chi connectivity index (χ2n) is 4.52. The van der Waals surface area contributed by atoms with E-state index < -0.39 is 0 Å². The van der Waals surface area contributed by atoms with Gasteiger partial charge in [0.2, 0.25) is 0 Å². The first-order valence-corrected chi connectivity index (χ1v) is 6.36. The van der Waals surface area contributed by atoms with Crippen LogP contribution in [0.4, 0.5) is 0 Å². The molecule has 0 aromatic heterocycles. The fourth-order valence-electron chi connectivity index (χ4n) is 1.65. The molecular formula is C14H21ClO2.